The fourth-order valence-corrected chi connectivity index (χ4v) is 2.92. The minimum absolute atomic E-state index is 0.774. The molecule has 1 aliphatic rings. The molecular formula is C14H18BrN3. The summed E-state index contributed by atoms with van der Waals surface area (Å²) in [5, 5.41) is 3.54. The van der Waals surface area contributed by atoms with Crippen molar-refractivity contribution >= 4 is 27.0 Å². The molecule has 0 radical (unpaired) electrons. The summed E-state index contributed by atoms with van der Waals surface area (Å²) >= 11 is 3.55. The monoisotopic (exact) mass is 307 g/mol. The number of aromatic nitrogens is 2. The molecule has 0 bridgehead atoms. The molecular weight excluding hydrogens is 290 g/mol. The van der Waals surface area contributed by atoms with E-state index in [0.717, 1.165) is 29.0 Å². The maximum atomic E-state index is 4.77. The van der Waals surface area contributed by atoms with Gasteiger partial charge in [0.15, 0.2) is 0 Å². The van der Waals surface area contributed by atoms with Gasteiger partial charge in [-0.25, -0.2) is 4.98 Å². The third-order valence-corrected chi connectivity index (χ3v) is 4.05. The smallest absolute Gasteiger partial charge is 0.110 e. The van der Waals surface area contributed by atoms with Gasteiger partial charge in [0.05, 0.1) is 11.0 Å². The second-order valence-electron chi connectivity index (χ2n) is 5.16. The summed E-state index contributed by atoms with van der Waals surface area (Å²) in [6, 6.07) is 5.05. The third-order valence-electron chi connectivity index (χ3n) is 3.59. The molecule has 1 aliphatic carbocycles. The number of fused-ring (bicyclic) bond motifs is 1. The van der Waals surface area contributed by atoms with Crippen LogP contribution in [0.1, 0.15) is 24.2 Å². The van der Waals surface area contributed by atoms with E-state index in [1.807, 2.05) is 0 Å². The lowest BCUT2D eigenvalue weighted by Crippen LogP contribution is -2.20. The van der Waals surface area contributed by atoms with Crippen molar-refractivity contribution < 1.29 is 0 Å². The van der Waals surface area contributed by atoms with E-state index < -0.39 is 0 Å². The Morgan fingerprint density at radius 1 is 1.44 bits per heavy atom. The molecule has 0 saturated heterocycles. The number of hydrogen-bond acceptors (Lipinski definition) is 2. The van der Waals surface area contributed by atoms with Crippen molar-refractivity contribution in [3.05, 3.63) is 28.0 Å². The molecule has 0 spiro atoms. The van der Waals surface area contributed by atoms with Crippen LogP contribution in [0.25, 0.3) is 11.0 Å². The first-order valence-electron chi connectivity index (χ1n) is 6.50. The van der Waals surface area contributed by atoms with Crippen LogP contribution in [0.5, 0.6) is 0 Å². The van der Waals surface area contributed by atoms with Gasteiger partial charge in [0.2, 0.25) is 0 Å². The predicted molar refractivity (Wildman–Crippen MR) is 77.9 cm³/mol. The van der Waals surface area contributed by atoms with Crippen LogP contribution in [-0.2, 0) is 13.5 Å². The zero-order valence-electron chi connectivity index (χ0n) is 10.8. The number of imidazole rings is 1. The average Bonchev–Trinajstić information content (AvgIpc) is 3.08. The van der Waals surface area contributed by atoms with Crippen LogP contribution < -0.4 is 5.32 Å². The number of rotatable bonds is 4. The number of nitrogens with zero attached hydrogens (tertiary/aromatic N) is 2. The summed E-state index contributed by atoms with van der Waals surface area (Å²) in [7, 11) is 2.10. The Balaban J connectivity index is 1.87. The molecule has 4 heteroatoms. The summed E-state index contributed by atoms with van der Waals surface area (Å²) in [6.07, 6.45) is 3.68. The molecule has 0 amide bonds. The summed E-state index contributed by atoms with van der Waals surface area (Å²) in [4.78, 5) is 4.77. The number of aryl methyl sites for hydroxylation is 2. The highest BCUT2D eigenvalue weighted by Gasteiger charge is 2.20. The lowest BCUT2D eigenvalue weighted by atomic mass is 10.2. The van der Waals surface area contributed by atoms with Gasteiger partial charge in [0.25, 0.3) is 0 Å². The molecule has 1 aromatic heterocycles. The first-order chi connectivity index (χ1) is 8.65. The SMILES string of the molecule is Cc1cc(Br)cc2c1nc(CCNC1CC1)n2C. The van der Waals surface area contributed by atoms with Crippen LogP contribution in [0.15, 0.2) is 16.6 Å². The minimum Gasteiger partial charge on any atom is -0.331 e. The molecule has 0 unspecified atom stereocenters. The quantitative estimate of drug-likeness (QED) is 0.941. The van der Waals surface area contributed by atoms with Crippen LogP contribution in [0, 0.1) is 6.92 Å². The van der Waals surface area contributed by atoms with Gasteiger partial charge in [0, 0.05) is 30.5 Å². The molecule has 1 heterocycles. The molecule has 1 saturated carbocycles. The number of hydrogen-bond donors (Lipinski definition) is 1. The minimum atomic E-state index is 0.774. The first kappa shape index (κ1) is 12.2. The fraction of sp³-hybridized carbons (Fsp3) is 0.500. The molecule has 0 aliphatic heterocycles. The third kappa shape index (κ3) is 2.31. The molecule has 2 aromatic rings. The van der Waals surface area contributed by atoms with Crippen molar-refractivity contribution in [1.82, 2.24) is 14.9 Å². The standard InChI is InChI=1S/C14H18BrN3/c1-9-7-10(15)8-12-14(9)17-13(18(12)2)5-6-16-11-3-4-11/h7-8,11,16H,3-6H2,1-2H3. The van der Waals surface area contributed by atoms with Gasteiger partial charge < -0.3 is 9.88 Å². The van der Waals surface area contributed by atoms with Gasteiger partial charge in [-0.05, 0) is 37.5 Å². The van der Waals surface area contributed by atoms with E-state index in [1.165, 1.54) is 29.7 Å². The Labute approximate surface area is 116 Å². The van der Waals surface area contributed by atoms with E-state index in [2.05, 4.69) is 51.9 Å². The highest BCUT2D eigenvalue weighted by Crippen LogP contribution is 2.24. The van der Waals surface area contributed by atoms with Gasteiger partial charge in [-0.3, -0.25) is 0 Å². The predicted octanol–water partition coefficient (Wildman–Crippen LogP) is 2.94. The zero-order chi connectivity index (χ0) is 12.7. The topological polar surface area (TPSA) is 29.9 Å². The van der Waals surface area contributed by atoms with E-state index in [1.54, 1.807) is 0 Å². The van der Waals surface area contributed by atoms with E-state index in [-0.39, 0.29) is 0 Å². The fourth-order valence-electron chi connectivity index (χ4n) is 2.36. The Hall–Kier alpha value is -0.870. The van der Waals surface area contributed by atoms with Gasteiger partial charge in [-0.1, -0.05) is 15.9 Å². The molecule has 96 valence electrons. The summed E-state index contributed by atoms with van der Waals surface area (Å²) in [6.45, 7) is 3.15. The lowest BCUT2D eigenvalue weighted by molar-refractivity contribution is 0.654. The summed E-state index contributed by atoms with van der Waals surface area (Å²) < 4.78 is 3.33. The maximum absolute atomic E-state index is 4.77. The van der Waals surface area contributed by atoms with Crippen molar-refractivity contribution in [1.29, 1.82) is 0 Å². The van der Waals surface area contributed by atoms with Crippen LogP contribution in [0.4, 0.5) is 0 Å². The Bertz CT molecular complexity index is 584. The van der Waals surface area contributed by atoms with Crippen LogP contribution in [-0.4, -0.2) is 22.1 Å². The van der Waals surface area contributed by atoms with Crippen molar-refractivity contribution in [3.63, 3.8) is 0 Å². The van der Waals surface area contributed by atoms with E-state index in [9.17, 15) is 0 Å². The van der Waals surface area contributed by atoms with Gasteiger partial charge in [0.1, 0.15) is 5.82 Å². The largest absolute Gasteiger partial charge is 0.331 e. The molecule has 18 heavy (non-hydrogen) atoms. The second-order valence-corrected chi connectivity index (χ2v) is 6.07. The van der Waals surface area contributed by atoms with Crippen molar-refractivity contribution in [2.75, 3.05) is 6.54 Å². The summed E-state index contributed by atoms with van der Waals surface area (Å²) in [5.41, 5.74) is 3.57. The van der Waals surface area contributed by atoms with Crippen molar-refractivity contribution in [2.45, 2.75) is 32.2 Å². The van der Waals surface area contributed by atoms with Gasteiger partial charge >= 0.3 is 0 Å². The highest BCUT2D eigenvalue weighted by atomic mass is 79.9. The van der Waals surface area contributed by atoms with Crippen molar-refractivity contribution in [2.24, 2.45) is 7.05 Å². The highest BCUT2D eigenvalue weighted by molar-refractivity contribution is 9.10. The molecule has 1 aromatic carbocycles. The van der Waals surface area contributed by atoms with Crippen molar-refractivity contribution in [3.8, 4) is 0 Å². The molecule has 3 nitrogen and oxygen atoms in total. The summed E-state index contributed by atoms with van der Waals surface area (Å²) in [5.74, 6) is 1.17. The number of nitrogens with one attached hydrogen (secondary N) is 1. The Morgan fingerprint density at radius 2 is 2.22 bits per heavy atom. The maximum Gasteiger partial charge on any atom is 0.110 e. The Morgan fingerprint density at radius 3 is 2.94 bits per heavy atom. The normalized spacial score (nSPS) is 15.5. The number of benzene rings is 1. The van der Waals surface area contributed by atoms with Crippen LogP contribution >= 0.6 is 15.9 Å². The van der Waals surface area contributed by atoms with E-state index in [4.69, 9.17) is 4.98 Å². The zero-order valence-corrected chi connectivity index (χ0v) is 12.4. The second kappa shape index (κ2) is 4.67. The van der Waals surface area contributed by atoms with E-state index >= 15 is 0 Å². The average molecular weight is 308 g/mol. The molecule has 1 fully saturated rings. The Kier molecular flexibility index (Phi) is 3.16. The molecule has 0 atom stereocenters. The van der Waals surface area contributed by atoms with Gasteiger partial charge in [-0.2, -0.15) is 0 Å². The lowest BCUT2D eigenvalue weighted by Gasteiger charge is -2.03. The van der Waals surface area contributed by atoms with Crippen LogP contribution in [0.2, 0.25) is 0 Å². The first-order valence-corrected chi connectivity index (χ1v) is 7.29. The molecule has 1 N–H and O–H groups in total. The van der Waals surface area contributed by atoms with Gasteiger partial charge in [-0.15, -0.1) is 0 Å². The number of halogens is 1. The van der Waals surface area contributed by atoms with E-state index in [0.29, 0.717) is 0 Å². The van der Waals surface area contributed by atoms with Crippen LogP contribution in [0.3, 0.4) is 0 Å². The molecule has 3 rings (SSSR count).